The number of nitrogens with two attached hydrogens (primary N) is 1. The van der Waals surface area contributed by atoms with E-state index in [4.69, 9.17) is 26.8 Å². The van der Waals surface area contributed by atoms with E-state index in [0.717, 1.165) is 12.8 Å². The lowest BCUT2D eigenvalue weighted by Crippen LogP contribution is -2.27. The molecule has 0 radical (unpaired) electrons. The van der Waals surface area contributed by atoms with E-state index in [-0.39, 0.29) is 32.5 Å². The lowest BCUT2D eigenvalue weighted by Gasteiger charge is -2.15. The molecule has 2 aromatic carbocycles. The van der Waals surface area contributed by atoms with Crippen molar-refractivity contribution in [1.82, 2.24) is 4.31 Å². The first-order chi connectivity index (χ1) is 14.2. The Hall–Kier alpha value is -2.62. The quantitative estimate of drug-likeness (QED) is 0.390. The normalized spacial score (nSPS) is 14.5. The number of sulfonamides is 1. The number of hydrogen-bond acceptors (Lipinski definition) is 7. The van der Waals surface area contributed by atoms with Crippen LogP contribution in [0.5, 0.6) is 5.75 Å². The molecule has 0 atom stereocenters. The second-order valence-electron chi connectivity index (χ2n) is 6.71. The smallest absolute Gasteiger partial charge is 0.342 e. The number of ketones is 1. The predicted molar refractivity (Wildman–Crippen MR) is 111 cm³/mol. The molecule has 0 amide bonds. The van der Waals surface area contributed by atoms with Crippen LogP contribution in [-0.2, 0) is 14.8 Å². The van der Waals surface area contributed by atoms with Crippen LogP contribution in [0.2, 0.25) is 5.02 Å². The zero-order chi connectivity index (χ0) is 21.9. The van der Waals surface area contributed by atoms with E-state index in [9.17, 15) is 18.0 Å². The summed E-state index contributed by atoms with van der Waals surface area (Å²) in [6.45, 7) is 0.470. The molecule has 1 saturated heterocycles. The summed E-state index contributed by atoms with van der Waals surface area (Å²) in [7, 11) is -2.19. The highest BCUT2D eigenvalue weighted by atomic mass is 35.5. The maximum absolute atomic E-state index is 12.5. The molecule has 1 heterocycles. The van der Waals surface area contributed by atoms with Gasteiger partial charge in [-0.15, -0.1) is 0 Å². The summed E-state index contributed by atoms with van der Waals surface area (Å²) in [6.07, 6.45) is 1.68. The topological polar surface area (TPSA) is 116 Å². The SMILES string of the molecule is COc1cc(N)c(Cl)cc1C(=O)OCC(=O)c1ccc(S(=O)(=O)N2CCCC2)cc1. The van der Waals surface area contributed by atoms with Gasteiger partial charge in [-0.05, 0) is 43.2 Å². The summed E-state index contributed by atoms with van der Waals surface area (Å²) in [5.74, 6) is -1.10. The average Bonchev–Trinajstić information content (AvgIpc) is 3.29. The minimum atomic E-state index is -3.56. The summed E-state index contributed by atoms with van der Waals surface area (Å²) < 4.78 is 36.7. The van der Waals surface area contributed by atoms with Crippen molar-refractivity contribution in [3.8, 4) is 5.75 Å². The number of hydrogen-bond donors (Lipinski definition) is 1. The Labute approximate surface area is 179 Å². The molecule has 0 aromatic heterocycles. The minimum Gasteiger partial charge on any atom is -0.496 e. The summed E-state index contributed by atoms with van der Waals surface area (Å²) in [5, 5.41) is 0.156. The van der Waals surface area contributed by atoms with Crippen molar-refractivity contribution in [2.24, 2.45) is 0 Å². The summed E-state index contributed by atoms with van der Waals surface area (Å²) >= 11 is 5.94. The number of carbonyl (C=O) groups is 2. The molecule has 160 valence electrons. The van der Waals surface area contributed by atoms with Crippen molar-refractivity contribution in [1.29, 1.82) is 0 Å². The molecule has 3 rings (SSSR count). The van der Waals surface area contributed by atoms with Crippen LogP contribution in [0.3, 0.4) is 0 Å². The van der Waals surface area contributed by atoms with Gasteiger partial charge in [0.1, 0.15) is 11.3 Å². The number of nitrogens with zero attached hydrogens (tertiary/aromatic N) is 1. The van der Waals surface area contributed by atoms with E-state index in [1.807, 2.05) is 0 Å². The third-order valence-corrected chi connectivity index (χ3v) is 6.99. The van der Waals surface area contributed by atoms with Crippen molar-refractivity contribution < 1.29 is 27.5 Å². The van der Waals surface area contributed by atoms with Crippen LogP contribution >= 0.6 is 11.6 Å². The average molecular weight is 453 g/mol. The van der Waals surface area contributed by atoms with Crippen molar-refractivity contribution >= 4 is 39.1 Å². The van der Waals surface area contributed by atoms with E-state index in [1.165, 1.54) is 47.8 Å². The molecule has 0 aliphatic carbocycles. The zero-order valence-corrected chi connectivity index (χ0v) is 17.8. The predicted octanol–water partition coefficient (Wildman–Crippen LogP) is 2.76. The molecule has 1 aliphatic rings. The standard InChI is InChI=1S/C20H21ClN2O6S/c1-28-19-11-17(22)16(21)10-15(19)20(25)29-12-18(24)13-4-6-14(7-5-13)30(26,27)23-8-2-3-9-23/h4-7,10-11H,2-3,8-9,12,22H2,1H3. The van der Waals surface area contributed by atoms with Crippen LogP contribution in [0.4, 0.5) is 5.69 Å². The number of methoxy groups -OCH3 is 1. The lowest BCUT2D eigenvalue weighted by molar-refractivity contribution is 0.0471. The van der Waals surface area contributed by atoms with Crippen molar-refractivity contribution in [2.75, 3.05) is 32.5 Å². The van der Waals surface area contributed by atoms with E-state index in [0.29, 0.717) is 13.1 Å². The highest BCUT2D eigenvalue weighted by Gasteiger charge is 2.27. The second-order valence-corrected chi connectivity index (χ2v) is 9.05. The first kappa shape index (κ1) is 22.1. The summed E-state index contributed by atoms with van der Waals surface area (Å²) in [5.41, 5.74) is 6.19. The molecule has 0 spiro atoms. The molecule has 2 N–H and O–H groups in total. The van der Waals surface area contributed by atoms with E-state index < -0.39 is 28.4 Å². The Kier molecular flexibility index (Phi) is 6.64. The number of carbonyl (C=O) groups excluding carboxylic acids is 2. The Morgan fingerprint density at radius 1 is 1.13 bits per heavy atom. The molecule has 0 bridgehead atoms. The van der Waals surface area contributed by atoms with Gasteiger partial charge in [-0.1, -0.05) is 11.6 Å². The number of esters is 1. The number of halogens is 1. The number of benzene rings is 2. The number of anilines is 1. The summed E-state index contributed by atoms with van der Waals surface area (Å²) in [6, 6.07) is 8.26. The fraction of sp³-hybridized carbons (Fsp3) is 0.300. The van der Waals surface area contributed by atoms with E-state index in [1.54, 1.807) is 0 Å². The van der Waals surface area contributed by atoms with E-state index >= 15 is 0 Å². The van der Waals surface area contributed by atoms with Gasteiger partial charge in [0.05, 0.1) is 22.7 Å². The van der Waals surface area contributed by atoms with Gasteiger partial charge >= 0.3 is 5.97 Å². The molecule has 8 nitrogen and oxygen atoms in total. The zero-order valence-electron chi connectivity index (χ0n) is 16.3. The molecule has 0 unspecified atom stereocenters. The van der Waals surface area contributed by atoms with Crippen LogP contribution in [0.25, 0.3) is 0 Å². The lowest BCUT2D eigenvalue weighted by atomic mass is 10.1. The van der Waals surface area contributed by atoms with Gasteiger partial charge in [0.2, 0.25) is 10.0 Å². The van der Waals surface area contributed by atoms with Crippen LogP contribution < -0.4 is 10.5 Å². The molecular weight excluding hydrogens is 432 g/mol. The van der Waals surface area contributed by atoms with Gasteiger partial charge in [0.15, 0.2) is 12.4 Å². The van der Waals surface area contributed by atoms with Crippen LogP contribution in [-0.4, -0.2) is 51.3 Å². The van der Waals surface area contributed by atoms with Crippen molar-refractivity contribution in [3.63, 3.8) is 0 Å². The third-order valence-electron chi connectivity index (χ3n) is 4.75. The van der Waals surface area contributed by atoms with E-state index in [2.05, 4.69) is 0 Å². The van der Waals surface area contributed by atoms with Gasteiger partial charge < -0.3 is 15.2 Å². The number of rotatable bonds is 7. The summed E-state index contributed by atoms with van der Waals surface area (Å²) in [4.78, 5) is 24.8. The maximum Gasteiger partial charge on any atom is 0.342 e. The van der Waals surface area contributed by atoms with Gasteiger partial charge in [0, 0.05) is 24.7 Å². The number of ether oxygens (including phenoxy) is 2. The van der Waals surface area contributed by atoms with Gasteiger partial charge in [-0.2, -0.15) is 4.31 Å². The minimum absolute atomic E-state index is 0.0385. The van der Waals surface area contributed by atoms with Gasteiger partial charge in [0.25, 0.3) is 0 Å². The highest BCUT2D eigenvalue weighted by molar-refractivity contribution is 7.89. The Morgan fingerprint density at radius 2 is 1.77 bits per heavy atom. The number of nitrogen functional groups attached to an aromatic ring is 1. The molecule has 2 aromatic rings. The molecule has 0 saturated carbocycles. The van der Waals surface area contributed by atoms with Crippen LogP contribution in [0, 0.1) is 0 Å². The molecule has 1 aliphatic heterocycles. The molecular formula is C20H21ClN2O6S. The van der Waals surface area contributed by atoms with Crippen molar-refractivity contribution in [3.05, 3.63) is 52.5 Å². The van der Waals surface area contributed by atoms with Gasteiger partial charge in [-0.25, -0.2) is 13.2 Å². The third kappa shape index (κ3) is 4.58. The Bertz CT molecular complexity index is 1060. The fourth-order valence-corrected chi connectivity index (χ4v) is 4.76. The molecule has 1 fully saturated rings. The largest absolute Gasteiger partial charge is 0.496 e. The first-order valence-electron chi connectivity index (χ1n) is 9.17. The first-order valence-corrected chi connectivity index (χ1v) is 11.0. The monoisotopic (exact) mass is 452 g/mol. The Balaban J connectivity index is 1.67. The molecule has 30 heavy (non-hydrogen) atoms. The maximum atomic E-state index is 12.5. The van der Waals surface area contributed by atoms with Crippen LogP contribution in [0.15, 0.2) is 41.3 Å². The fourth-order valence-electron chi connectivity index (χ4n) is 3.08. The Morgan fingerprint density at radius 3 is 2.37 bits per heavy atom. The number of Topliss-reactive ketones (excluding diaryl/α,β-unsaturated/α-hetero) is 1. The van der Waals surface area contributed by atoms with Gasteiger partial charge in [-0.3, -0.25) is 4.79 Å². The second kappa shape index (κ2) is 9.03. The molecule has 10 heteroatoms. The highest BCUT2D eigenvalue weighted by Crippen LogP contribution is 2.29. The van der Waals surface area contributed by atoms with Crippen molar-refractivity contribution in [2.45, 2.75) is 17.7 Å². The van der Waals surface area contributed by atoms with Crippen LogP contribution in [0.1, 0.15) is 33.6 Å².